The molecule has 0 spiro atoms. The molecule has 0 saturated carbocycles. The molecule has 0 fully saturated rings. The molecule has 0 saturated heterocycles. The second-order valence-electron chi connectivity index (χ2n) is 5.13. The summed E-state index contributed by atoms with van der Waals surface area (Å²) in [6.45, 7) is 1.53. The minimum atomic E-state index is -3.50. The lowest BCUT2D eigenvalue weighted by Gasteiger charge is -2.06. The number of aromatic nitrogens is 1. The molecule has 0 aliphatic rings. The molecule has 2 aromatic rings. The molecule has 0 radical (unpaired) electrons. The largest absolute Gasteiger partial charge is 0.306 e. The highest BCUT2D eigenvalue weighted by Crippen LogP contribution is 2.10. The Bertz CT molecular complexity index is 947. The van der Waals surface area contributed by atoms with Gasteiger partial charge in [0, 0.05) is 12.3 Å². The van der Waals surface area contributed by atoms with Gasteiger partial charge in [0.05, 0.1) is 10.6 Å². The van der Waals surface area contributed by atoms with Crippen LogP contribution in [-0.4, -0.2) is 31.7 Å². The van der Waals surface area contributed by atoms with Crippen LogP contribution in [0.2, 0.25) is 0 Å². The number of carbonyl (C=O) groups excluding carboxylic acids is 1. The second kappa shape index (κ2) is 7.86. The van der Waals surface area contributed by atoms with Crippen molar-refractivity contribution in [3.63, 3.8) is 0 Å². The van der Waals surface area contributed by atoms with Crippen LogP contribution in [0.4, 0.5) is 0 Å². The Kier molecular flexibility index (Phi) is 5.84. The summed E-state index contributed by atoms with van der Waals surface area (Å²) in [4.78, 5) is 23.5. The van der Waals surface area contributed by atoms with Gasteiger partial charge < -0.3 is 4.57 Å². The van der Waals surface area contributed by atoms with Crippen molar-refractivity contribution in [2.45, 2.75) is 18.4 Å². The second-order valence-corrected chi connectivity index (χ2v) is 7.02. The topological polar surface area (TPSA) is 110 Å². The maximum atomic E-state index is 11.9. The van der Waals surface area contributed by atoms with E-state index in [1.54, 1.807) is 31.2 Å². The first-order chi connectivity index (χ1) is 11.8. The standard InChI is InChI=1S/C16H18N4O4S/c1-12(13-6-8-14(9-7-13)25(23,24)17-2)18-19-15(21)11-20-10-4-3-5-16(20)22/h3-10,17H,11H2,1-2H3,(H,19,21)/b18-12-. The van der Waals surface area contributed by atoms with Gasteiger partial charge in [0.1, 0.15) is 6.54 Å². The summed E-state index contributed by atoms with van der Waals surface area (Å²) in [5.41, 5.74) is 3.25. The predicted molar refractivity (Wildman–Crippen MR) is 93.7 cm³/mol. The lowest BCUT2D eigenvalue weighted by atomic mass is 10.1. The molecular formula is C16H18N4O4S. The number of nitrogens with one attached hydrogen (secondary N) is 2. The van der Waals surface area contributed by atoms with Gasteiger partial charge in [-0.1, -0.05) is 18.2 Å². The SMILES string of the molecule is CNS(=O)(=O)c1ccc(/C(C)=N\NC(=O)Cn2ccccc2=O)cc1. The normalized spacial score (nSPS) is 12.0. The van der Waals surface area contributed by atoms with Crippen molar-refractivity contribution in [3.05, 3.63) is 64.6 Å². The van der Waals surface area contributed by atoms with E-state index < -0.39 is 15.9 Å². The molecule has 25 heavy (non-hydrogen) atoms. The van der Waals surface area contributed by atoms with E-state index in [1.165, 1.54) is 36.0 Å². The molecule has 2 rings (SSSR count). The third-order valence-electron chi connectivity index (χ3n) is 3.41. The van der Waals surface area contributed by atoms with E-state index in [4.69, 9.17) is 0 Å². The van der Waals surface area contributed by atoms with Gasteiger partial charge in [-0.05, 0) is 37.7 Å². The van der Waals surface area contributed by atoms with Crippen molar-refractivity contribution in [3.8, 4) is 0 Å². The first-order valence-electron chi connectivity index (χ1n) is 7.36. The van der Waals surface area contributed by atoms with Crippen LogP contribution in [0, 0.1) is 0 Å². The lowest BCUT2D eigenvalue weighted by Crippen LogP contribution is -2.29. The molecule has 1 aromatic heterocycles. The first kappa shape index (κ1) is 18.6. The lowest BCUT2D eigenvalue weighted by molar-refractivity contribution is -0.121. The van der Waals surface area contributed by atoms with Gasteiger partial charge in [-0.25, -0.2) is 18.6 Å². The molecular weight excluding hydrogens is 344 g/mol. The summed E-state index contributed by atoms with van der Waals surface area (Å²) in [5.74, 6) is -0.443. The fourth-order valence-electron chi connectivity index (χ4n) is 1.99. The molecule has 8 nitrogen and oxygen atoms in total. The summed E-state index contributed by atoms with van der Waals surface area (Å²) < 4.78 is 26.8. The van der Waals surface area contributed by atoms with E-state index in [-0.39, 0.29) is 17.0 Å². The number of pyridine rings is 1. The summed E-state index contributed by atoms with van der Waals surface area (Å²) >= 11 is 0. The molecule has 0 aliphatic carbocycles. The number of hydrazone groups is 1. The third-order valence-corrected chi connectivity index (χ3v) is 4.84. The summed E-state index contributed by atoms with van der Waals surface area (Å²) in [6, 6.07) is 10.7. The first-order valence-corrected chi connectivity index (χ1v) is 8.84. The van der Waals surface area contributed by atoms with E-state index in [0.717, 1.165) is 0 Å². The number of amides is 1. The van der Waals surface area contributed by atoms with Crippen molar-refractivity contribution < 1.29 is 13.2 Å². The Balaban J connectivity index is 2.05. The molecule has 132 valence electrons. The highest BCUT2D eigenvalue weighted by molar-refractivity contribution is 7.89. The van der Waals surface area contributed by atoms with Crippen molar-refractivity contribution >= 4 is 21.6 Å². The molecule has 0 unspecified atom stereocenters. The van der Waals surface area contributed by atoms with Crippen LogP contribution in [0.25, 0.3) is 0 Å². The van der Waals surface area contributed by atoms with Crippen LogP contribution in [0.1, 0.15) is 12.5 Å². The average molecular weight is 362 g/mol. The highest BCUT2D eigenvalue weighted by atomic mass is 32.2. The maximum absolute atomic E-state index is 11.9. The number of sulfonamides is 1. The Morgan fingerprint density at radius 3 is 2.44 bits per heavy atom. The Labute approximate surface area is 145 Å². The fraction of sp³-hybridized carbons (Fsp3) is 0.188. The van der Waals surface area contributed by atoms with E-state index >= 15 is 0 Å². The maximum Gasteiger partial charge on any atom is 0.260 e. The predicted octanol–water partition coefficient (Wildman–Crippen LogP) is 0.297. The molecule has 0 atom stereocenters. The molecule has 0 bridgehead atoms. The zero-order chi connectivity index (χ0) is 18.4. The number of nitrogens with zero attached hydrogens (tertiary/aromatic N) is 2. The fourth-order valence-corrected chi connectivity index (χ4v) is 2.72. The van der Waals surface area contributed by atoms with Crippen LogP contribution < -0.4 is 15.7 Å². The quantitative estimate of drug-likeness (QED) is 0.569. The number of benzene rings is 1. The van der Waals surface area contributed by atoms with Crippen molar-refractivity contribution in [2.24, 2.45) is 5.10 Å². The van der Waals surface area contributed by atoms with Crippen LogP contribution in [0.15, 0.2) is 63.5 Å². The number of hydrogen-bond acceptors (Lipinski definition) is 5. The van der Waals surface area contributed by atoms with Gasteiger partial charge in [-0.2, -0.15) is 5.10 Å². The van der Waals surface area contributed by atoms with Gasteiger partial charge in [-0.15, -0.1) is 0 Å². The minimum absolute atomic E-state index is 0.138. The Hall–Kier alpha value is -2.78. The van der Waals surface area contributed by atoms with Gasteiger partial charge in [-0.3, -0.25) is 9.59 Å². The molecule has 1 heterocycles. The number of hydrogen-bond donors (Lipinski definition) is 2. The molecule has 1 amide bonds. The van der Waals surface area contributed by atoms with Gasteiger partial charge in [0.15, 0.2) is 0 Å². The monoisotopic (exact) mass is 362 g/mol. The van der Waals surface area contributed by atoms with E-state index in [0.29, 0.717) is 11.3 Å². The number of rotatable bonds is 6. The molecule has 1 aromatic carbocycles. The van der Waals surface area contributed by atoms with Crippen molar-refractivity contribution in [2.75, 3.05) is 7.05 Å². The Morgan fingerprint density at radius 2 is 1.84 bits per heavy atom. The van der Waals surface area contributed by atoms with E-state index in [1.807, 2.05) is 0 Å². The third kappa shape index (κ3) is 4.85. The zero-order valence-electron chi connectivity index (χ0n) is 13.8. The van der Waals surface area contributed by atoms with Crippen LogP contribution in [-0.2, 0) is 21.4 Å². The van der Waals surface area contributed by atoms with E-state index in [2.05, 4.69) is 15.2 Å². The van der Waals surface area contributed by atoms with Crippen LogP contribution >= 0.6 is 0 Å². The van der Waals surface area contributed by atoms with E-state index in [9.17, 15) is 18.0 Å². The summed E-state index contributed by atoms with van der Waals surface area (Å²) in [7, 11) is -2.16. The van der Waals surface area contributed by atoms with Crippen molar-refractivity contribution in [1.82, 2.24) is 14.7 Å². The van der Waals surface area contributed by atoms with Gasteiger partial charge in [0.25, 0.3) is 11.5 Å². The molecule has 2 N–H and O–H groups in total. The summed E-state index contributed by atoms with van der Waals surface area (Å²) in [5, 5.41) is 3.97. The van der Waals surface area contributed by atoms with Crippen molar-refractivity contribution in [1.29, 1.82) is 0 Å². The smallest absolute Gasteiger partial charge is 0.260 e. The van der Waals surface area contributed by atoms with Crippen LogP contribution in [0.5, 0.6) is 0 Å². The molecule has 9 heteroatoms. The number of carbonyl (C=O) groups is 1. The van der Waals surface area contributed by atoms with Gasteiger partial charge in [0.2, 0.25) is 10.0 Å². The van der Waals surface area contributed by atoms with Crippen LogP contribution in [0.3, 0.4) is 0 Å². The highest BCUT2D eigenvalue weighted by Gasteiger charge is 2.11. The zero-order valence-corrected chi connectivity index (χ0v) is 14.6. The molecule has 0 aliphatic heterocycles. The minimum Gasteiger partial charge on any atom is -0.306 e. The Morgan fingerprint density at radius 1 is 1.16 bits per heavy atom. The van der Waals surface area contributed by atoms with Gasteiger partial charge >= 0.3 is 0 Å². The average Bonchev–Trinajstić information content (AvgIpc) is 2.61. The summed E-state index contributed by atoms with van der Waals surface area (Å²) in [6.07, 6.45) is 1.51.